The van der Waals surface area contributed by atoms with Crippen molar-refractivity contribution in [3.63, 3.8) is 0 Å². The Morgan fingerprint density at radius 3 is 2.74 bits per heavy atom. The van der Waals surface area contributed by atoms with E-state index in [-0.39, 0.29) is 12.6 Å². The van der Waals surface area contributed by atoms with Gasteiger partial charge in [0.15, 0.2) is 5.65 Å². The Hall–Kier alpha value is -2.84. The van der Waals surface area contributed by atoms with Gasteiger partial charge in [0, 0.05) is 0 Å². The van der Waals surface area contributed by atoms with Gasteiger partial charge in [0.25, 0.3) is 0 Å². The molecule has 2 N–H and O–H groups in total. The number of carbonyl (C=O) groups is 2. The number of hydrogen-bond donors (Lipinski definition) is 2. The summed E-state index contributed by atoms with van der Waals surface area (Å²) in [6, 6.07) is 3.89. The monoisotopic (exact) mass is 321 g/mol. The molecule has 0 saturated carbocycles. The van der Waals surface area contributed by atoms with Gasteiger partial charge in [0.2, 0.25) is 11.8 Å². The third kappa shape index (κ3) is 3.87. The lowest BCUT2D eigenvalue weighted by Gasteiger charge is -2.13. The van der Waals surface area contributed by atoms with E-state index in [9.17, 15) is 9.59 Å². The minimum Gasteiger partial charge on any atom is -0.479 e. The Labute approximate surface area is 133 Å². The Bertz CT molecular complexity index is 700. The molecule has 0 bridgehead atoms. The highest BCUT2D eigenvalue weighted by molar-refractivity contribution is 5.91. The molecule has 2 aromatic heterocycles. The second-order valence-corrected chi connectivity index (χ2v) is 4.59. The van der Waals surface area contributed by atoms with Crippen LogP contribution in [0.4, 0.5) is 10.7 Å². The van der Waals surface area contributed by atoms with Gasteiger partial charge in [-0.15, -0.1) is 10.2 Å². The quantitative estimate of drug-likeness (QED) is 0.774. The molecule has 0 aliphatic heterocycles. The number of aromatic nitrogens is 3. The normalized spacial score (nSPS) is 11.8. The highest BCUT2D eigenvalue weighted by Crippen LogP contribution is 2.18. The van der Waals surface area contributed by atoms with E-state index in [1.165, 1.54) is 6.92 Å². The van der Waals surface area contributed by atoms with Crippen molar-refractivity contribution in [2.45, 2.75) is 26.8 Å². The zero-order valence-corrected chi connectivity index (χ0v) is 13.2. The van der Waals surface area contributed by atoms with Crippen LogP contribution in [0.2, 0.25) is 0 Å². The summed E-state index contributed by atoms with van der Waals surface area (Å²) in [5.41, 5.74) is 0.532. The van der Waals surface area contributed by atoms with E-state index in [1.54, 1.807) is 29.5 Å². The lowest BCUT2D eigenvalue weighted by Crippen LogP contribution is -2.42. The number of carbonyl (C=O) groups excluding carboxylic acids is 2. The zero-order valence-electron chi connectivity index (χ0n) is 13.2. The van der Waals surface area contributed by atoms with Crippen LogP contribution in [-0.4, -0.2) is 45.9 Å². The molecular weight excluding hydrogens is 302 g/mol. The predicted molar refractivity (Wildman–Crippen MR) is 82.4 cm³/mol. The fraction of sp³-hybridized carbons (Fsp3) is 0.429. The van der Waals surface area contributed by atoms with Crippen molar-refractivity contribution in [2.24, 2.45) is 0 Å². The zero-order chi connectivity index (χ0) is 16.8. The molecule has 0 aliphatic rings. The molecule has 0 radical (unpaired) electrons. The van der Waals surface area contributed by atoms with E-state index >= 15 is 0 Å². The lowest BCUT2D eigenvalue weighted by atomic mass is 10.3. The molecule has 2 aromatic rings. The molecule has 2 rings (SSSR count). The fourth-order valence-electron chi connectivity index (χ4n) is 1.91. The molecule has 9 heteroatoms. The number of pyridine rings is 1. The summed E-state index contributed by atoms with van der Waals surface area (Å²) in [6.07, 6.45) is 0. The maximum absolute atomic E-state index is 12.0. The van der Waals surface area contributed by atoms with Gasteiger partial charge in [0.05, 0.1) is 13.2 Å². The van der Waals surface area contributed by atoms with Crippen LogP contribution in [0.5, 0.6) is 5.88 Å². The van der Waals surface area contributed by atoms with E-state index in [0.717, 1.165) is 0 Å². The number of rotatable bonds is 6. The number of nitrogens with zero attached hydrogens (tertiary/aromatic N) is 3. The second kappa shape index (κ2) is 7.43. The average Bonchev–Trinajstić information content (AvgIpc) is 2.91. The van der Waals surface area contributed by atoms with E-state index in [2.05, 4.69) is 20.8 Å². The van der Waals surface area contributed by atoms with E-state index < -0.39 is 18.0 Å². The minimum absolute atomic E-state index is 0.192. The van der Waals surface area contributed by atoms with Crippen molar-refractivity contribution in [2.75, 3.05) is 18.5 Å². The first kappa shape index (κ1) is 16.5. The molecule has 23 heavy (non-hydrogen) atoms. The molecule has 0 fully saturated rings. The molecule has 9 nitrogen and oxygen atoms in total. The first-order chi connectivity index (χ1) is 11.1. The molecule has 0 aliphatic carbocycles. The van der Waals surface area contributed by atoms with Crippen LogP contribution < -0.4 is 15.4 Å². The van der Waals surface area contributed by atoms with Crippen LogP contribution in [0.1, 0.15) is 20.8 Å². The van der Waals surface area contributed by atoms with Gasteiger partial charge in [-0.05, 0) is 32.9 Å². The van der Waals surface area contributed by atoms with Crippen LogP contribution in [0.25, 0.3) is 5.65 Å². The summed E-state index contributed by atoms with van der Waals surface area (Å²) in [5.74, 6) is 0.185. The molecule has 124 valence electrons. The van der Waals surface area contributed by atoms with E-state index in [0.29, 0.717) is 18.1 Å². The van der Waals surface area contributed by atoms with Crippen LogP contribution in [-0.2, 0) is 9.53 Å². The van der Waals surface area contributed by atoms with Gasteiger partial charge < -0.3 is 14.8 Å². The van der Waals surface area contributed by atoms with Crippen LogP contribution in [0.3, 0.4) is 0 Å². The summed E-state index contributed by atoms with van der Waals surface area (Å²) in [5, 5.41) is 12.9. The Morgan fingerprint density at radius 1 is 1.26 bits per heavy atom. The number of ether oxygens (including phenoxy) is 2. The maximum Gasteiger partial charge on any atom is 0.328 e. The highest BCUT2D eigenvalue weighted by atomic mass is 16.5. The SMILES string of the molecule is CCOC(=O)[C@@H](C)NC(=O)Nc1nnc2cccc(OCC)n12. The van der Waals surface area contributed by atoms with Crippen LogP contribution in [0, 0.1) is 0 Å². The Kier molecular flexibility index (Phi) is 5.34. The number of nitrogens with one attached hydrogen (secondary N) is 2. The maximum atomic E-state index is 12.0. The summed E-state index contributed by atoms with van der Waals surface area (Å²) >= 11 is 0. The number of fused-ring (bicyclic) bond motifs is 1. The molecule has 0 saturated heterocycles. The van der Waals surface area contributed by atoms with Crippen LogP contribution in [0.15, 0.2) is 18.2 Å². The van der Waals surface area contributed by atoms with Crippen molar-refractivity contribution in [3.05, 3.63) is 18.2 Å². The summed E-state index contributed by atoms with van der Waals surface area (Å²) < 4.78 is 11.9. The molecule has 0 aromatic carbocycles. The molecule has 2 amide bonds. The highest BCUT2D eigenvalue weighted by Gasteiger charge is 2.18. The Balaban J connectivity index is 2.12. The second-order valence-electron chi connectivity index (χ2n) is 4.59. The molecule has 1 atom stereocenters. The topological polar surface area (TPSA) is 107 Å². The number of esters is 1. The minimum atomic E-state index is -0.777. The summed E-state index contributed by atoms with van der Waals surface area (Å²) in [7, 11) is 0. The van der Waals surface area contributed by atoms with Crippen molar-refractivity contribution in [1.29, 1.82) is 0 Å². The van der Waals surface area contributed by atoms with Gasteiger partial charge in [-0.2, -0.15) is 0 Å². The first-order valence-corrected chi connectivity index (χ1v) is 7.27. The summed E-state index contributed by atoms with van der Waals surface area (Å²) in [4.78, 5) is 23.5. The molecule has 0 unspecified atom stereocenters. The fourth-order valence-corrected chi connectivity index (χ4v) is 1.91. The molecular formula is C14H19N5O4. The number of urea groups is 1. The molecule has 0 spiro atoms. The van der Waals surface area contributed by atoms with Crippen molar-refractivity contribution in [1.82, 2.24) is 19.9 Å². The van der Waals surface area contributed by atoms with Crippen molar-refractivity contribution < 1.29 is 19.1 Å². The standard InChI is InChI=1S/C14H19N5O4/c1-4-22-11-8-6-7-10-17-18-13(19(10)11)16-14(21)15-9(3)12(20)23-5-2/h6-9H,4-5H2,1-3H3,(H2,15,16,18,21)/t9-/m1/s1. The van der Waals surface area contributed by atoms with Crippen molar-refractivity contribution >= 4 is 23.6 Å². The number of anilines is 1. The number of amides is 2. The first-order valence-electron chi connectivity index (χ1n) is 7.27. The predicted octanol–water partition coefficient (Wildman–Crippen LogP) is 1.20. The Morgan fingerprint density at radius 2 is 2.04 bits per heavy atom. The number of hydrogen-bond acceptors (Lipinski definition) is 6. The molecule has 2 heterocycles. The van der Waals surface area contributed by atoms with Crippen LogP contribution >= 0.6 is 0 Å². The third-order valence-electron chi connectivity index (χ3n) is 2.90. The van der Waals surface area contributed by atoms with Gasteiger partial charge in [-0.3, -0.25) is 5.32 Å². The van der Waals surface area contributed by atoms with Gasteiger partial charge in [-0.25, -0.2) is 14.0 Å². The van der Waals surface area contributed by atoms with Crippen molar-refractivity contribution in [3.8, 4) is 5.88 Å². The summed E-state index contributed by atoms with van der Waals surface area (Å²) in [6.45, 7) is 5.79. The third-order valence-corrected chi connectivity index (χ3v) is 2.90. The largest absolute Gasteiger partial charge is 0.479 e. The van der Waals surface area contributed by atoms with E-state index in [4.69, 9.17) is 9.47 Å². The average molecular weight is 321 g/mol. The van der Waals surface area contributed by atoms with Gasteiger partial charge in [-0.1, -0.05) is 6.07 Å². The smallest absolute Gasteiger partial charge is 0.328 e. The van der Waals surface area contributed by atoms with Gasteiger partial charge in [0.1, 0.15) is 6.04 Å². The van der Waals surface area contributed by atoms with Gasteiger partial charge >= 0.3 is 12.0 Å². The van der Waals surface area contributed by atoms with E-state index in [1.807, 2.05) is 6.92 Å². The lowest BCUT2D eigenvalue weighted by molar-refractivity contribution is -0.144.